The van der Waals surface area contributed by atoms with Crippen LogP contribution in [0.25, 0.3) is 0 Å². The number of amides is 2. The van der Waals surface area contributed by atoms with Gasteiger partial charge in [0.05, 0.1) is 5.92 Å². The highest BCUT2D eigenvalue weighted by Gasteiger charge is 2.37. The zero-order chi connectivity index (χ0) is 21.0. The first-order valence-electron chi connectivity index (χ1n) is 9.50. The number of nitrogens with zero attached hydrogens (tertiary/aromatic N) is 1. The maximum Gasteiger partial charge on any atom is 0.311 e. The normalized spacial score (nSPS) is 16.0. The topological polar surface area (TPSA) is 75.7 Å². The summed E-state index contributed by atoms with van der Waals surface area (Å²) in [5.41, 5.74) is 3.44. The van der Waals surface area contributed by atoms with Crippen molar-refractivity contribution < 1.29 is 19.1 Å². The van der Waals surface area contributed by atoms with Gasteiger partial charge in [-0.1, -0.05) is 41.1 Å². The summed E-state index contributed by atoms with van der Waals surface area (Å²) < 4.78 is 6.09. The molecule has 152 valence electrons. The Morgan fingerprint density at radius 1 is 1.24 bits per heavy atom. The van der Waals surface area contributed by atoms with E-state index >= 15 is 0 Å². The average Bonchev–Trinajstić information content (AvgIpc) is 3.09. The molecule has 29 heavy (non-hydrogen) atoms. The Morgan fingerprint density at radius 3 is 2.72 bits per heavy atom. The number of ether oxygens (including phenoxy) is 1. The number of rotatable bonds is 6. The molecule has 6 nitrogen and oxygen atoms in total. The quantitative estimate of drug-likeness (QED) is 0.666. The van der Waals surface area contributed by atoms with Gasteiger partial charge in [0.15, 0.2) is 6.61 Å². The second-order valence-electron chi connectivity index (χ2n) is 7.00. The Labute approximate surface area is 178 Å². The van der Waals surface area contributed by atoms with Crippen molar-refractivity contribution in [3.8, 4) is 0 Å². The minimum Gasteiger partial charge on any atom is -0.455 e. The van der Waals surface area contributed by atoms with Crippen LogP contribution in [-0.2, 0) is 25.5 Å². The van der Waals surface area contributed by atoms with Gasteiger partial charge in [-0.05, 0) is 48.7 Å². The maximum atomic E-state index is 12.4. The Kier molecular flexibility index (Phi) is 6.69. The Morgan fingerprint density at radius 2 is 2.00 bits per heavy atom. The number of anilines is 2. The van der Waals surface area contributed by atoms with Crippen LogP contribution in [-0.4, -0.2) is 30.9 Å². The minimum absolute atomic E-state index is 0.0876. The largest absolute Gasteiger partial charge is 0.455 e. The third-order valence-corrected chi connectivity index (χ3v) is 5.42. The van der Waals surface area contributed by atoms with E-state index in [1.165, 1.54) is 0 Å². The van der Waals surface area contributed by atoms with Crippen molar-refractivity contribution in [2.75, 3.05) is 23.4 Å². The molecular formula is C22H23BrN2O4. The molecule has 0 bridgehead atoms. The van der Waals surface area contributed by atoms with Crippen molar-refractivity contribution in [2.45, 2.75) is 26.7 Å². The van der Waals surface area contributed by atoms with Crippen LogP contribution in [0.1, 0.15) is 24.5 Å². The van der Waals surface area contributed by atoms with Crippen LogP contribution in [0.3, 0.4) is 0 Å². The van der Waals surface area contributed by atoms with Gasteiger partial charge in [0.1, 0.15) is 0 Å². The predicted octanol–water partition coefficient (Wildman–Crippen LogP) is 3.85. The molecular weight excluding hydrogens is 436 g/mol. The van der Waals surface area contributed by atoms with E-state index in [9.17, 15) is 14.4 Å². The number of aryl methyl sites for hydroxylation is 2. The van der Waals surface area contributed by atoms with E-state index in [4.69, 9.17) is 4.74 Å². The standard InChI is InChI=1S/C22H23BrN2O4/c1-3-15-6-4-5-7-19(15)25-12-16(11-21(25)27)22(28)29-13-20(26)24-18-9-8-17(23)10-14(18)2/h4-10,16H,3,11-13H2,1-2H3,(H,24,26)/t16-/m1/s1. The highest BCUT2D eigenvalue weighted by atomic mass is 79.9. The molecule has 0 unspecified atom stereocenters. The number of nitrogens with one attached hydrogen (secondary N) is 1. The molecule has 1 saturated heterocycles. The van der Waals surface area contributed by atoms with Crippen molar-refractivity contribution in [3.63, 3.8) is 0 Å². The van der Waals surface area contributed by atoms with Crippen molar-refractivity contribution in [1.82, 2.24) is 0 Å². The molecule has 0 spiro atoms. The molecule has 1 heterocycles. The molecule has 0 saturated carbocycles. The molecule has 1 aliphatic rings. The first-order valence-corrected chi connectivity index (χ1v) is 10.3. The molecule has 2 aromatic carbocycles. The summed E-state index contributed by atoms with van der Waals surface area (Å²) in [6.07, 6.45) is 0.884. The third-order valence-electron chi connectivity index (χ3n) is 4.93. The molecule has 2 aromatic rings. The molecule has 2 amide bonds. The molecule has 3 rings (SSSR count). The van der Waals surface area contributed by atoms with Gasteiger partial charge >= 0.3 is 5.97 Å². The summed E-state index contributed by atoms with van der Waals surface area (Å²) in [7, 11) is 0. The fourth-order valence-corrected chi connectivity index (χ4v) is 3.86. The van der Waals surface area contributed by atoms with Gasteiger partial charge in [-0.2, -0.15) is 0 Å². The van der Waals surface area contributed by atoms with Crippen LogP contribution in [0.2, 0.25) is 0 Å². The van der Waals surface area contributed by atoms with Gasteiger partial charge in [0.2, 0.25) is 5.91 Å². The van der Waals surface area contributed by atoms with Crippen LogP contribution < -0.4 is 10.2 Å². The summed E-state index contributed by atoms with van der Waals surface area (Å²) >= 11 is 3.37. The first kappa shape index (κ1) is 21.0. The minimum atomic E-state index is -0.574. The van der Waals surface area contributed by atoms with E-state index in [0.717, 1.165) is 27.7 Å². The fourth-order valence-electron chi connectivity index (χ4n) is 3.38. The zero-order valence-electron chi connectivity index (χ0n) is 16.4. The van der Waals surface area contributed by atoms with E-state index in [0.29, 0.717) is 5.69 Å². The summed E-state index contributed by atoms with van der Waals surface area (Å²) in [5.74, 6) is -1.63. The monoisotopic (exact) mass is 458 g/mol. The lowest BCUT2D eigenvalue weighted by Gasteiger charge is -2.19. The highest BCUT2D eigenvalue weighted by Crippen LogP contribution is 2.29. The summed E-state index contributed by atoms with van der Waals surface area (Å²) in [6, 6.07) is 13.2. The Balaban J connectivity index is 1.56. The van der Waals surface area contributed by atoms with Crippen molar-refractivity contribution >= 4 is 45.1 Å². The molecule has 1 N–H and O–H groups in total. The Bertz CT molecular complexity index is 944. The molecule has 0 radical (unpaired) electrons. The van der Waals surface area contributed by atoms with Gasteiger partial charge in [-0.25, -0.2) is 0 Å². The molecule has 1 fully saturated rings. The highest BCUT2D eigenvalue weighted by molar-refractivity contribution is 9.10. The zero-order valence-corrected chi connectivity index (χ0v) is 18.0. The lowest BCUT2D eigenvalue weighted by molar-refractivity contribution is -0.151. The Hall–Kier alpha value is -2.67. The number of benzene rings is 2. The van der Waals surface area contributed by atoms with Gasteiger partial charge in [0.25, 0.3) is 5.91 Å². The van der Waals surface area contributed by atoms with E-state index in [1.54, 1.807) is 11.0 Å². The van der Waals surface area contributed by atoms with Gasteiger partial charge in [0, 0.05) is 28.8 Å². The lowest BCUT2D eigenvalue weighted by atomic mass is 10.1. The smallest absolute Gasteiger partial charge is 0.311 e. The van der Waals surface area contributed by atoms with Crippen molar-refractivity contribution in [3.05, 3.63) is 58.1 Å². The number of halogens is 1. The molecule has 0 aromatic heterocycles. The van der Waals surface area contributed by atoms with Crippen LogP contribution >= 0.6 is 15.9 Å². The van der Waals surface area contributed by atoms with Gasteiger partial charge in [-0.15, -0.1) is 0 Å². The van der Waals surface area contributed by atoms with E-state index in [2.05, 4.69) is 21.2 Å². The van der Waals surface area contributed by atoms with Crippen LogP contribution in [0, 0.1) is 12.8 Å². The molecule has 0 aliphatic carbocycles. The van der Waals surface area contributed by atoms with Crippen molar-refractivity contribution in [2.24, 2.45) is 5.92 Å². The predicted molar refractivity (Wildman–Crippen MR) is 115 cm³/mol. The third kappa shape index (κ3) is 5.03. The summed E-state index contributed by atoms with van der Waals surface area (Å²) in [6.45, 7) is 3.78. The number of para-hydroxylation sites is 1. The van der Waals surface area contributed by atoms with Crippen LogP contribution in [0.4, 0.5) is 11.4 Å². The van der Waals surface area contributed by atoms with Crippen molar-refractivity contribution in [1.29, 1.82) is 0 Å². The van der Waals surface area contributed by atoms with E-state index < -0.39 is 17.8 Å². The van der Waals surface area contributed by atoms with Crippen LogP contribution in [0.5, 0.6) is 0 Å². The maximum absolute atomic E-state index is 12.4. The number of hydrogen-bond donors (Lipinski definition) is 1. The first-order chi connectivity index (χ1) is 13.9. The fraction of sp³-hybridized carbons (Fsp3) is 0.318. The second-order valence-corrected chi connectivity index (χ2v) is 7.92. The second kappa shape index (κ2) is 9.22. The number of hydrogen-bond acceptors (Lipinski definition) is 4. The number of carbonyl (C=O) groups excluding carboxylic acids is 3. The number of esters is 1. The number of carbonyl (C=O) groups is 3. The SMILES string of the molecule is CCc1ccccc1N1C[C@H](C(=O)OCC(=O)Nc2ccc(Br)cc2C)CC1=O. The van der Waals surface area contributed by atoms with E-state index in [-0.39, 0.29) is 25.5 Å². The summed E-state index contributed by atoms with van der Waals surface area (Å²) in [5, 5.41) is 2.73. The molecule has 1 aliphatic heterocycles. The van der Waals surface area contributed by atoms with Gasteiger partial charge < -0.3 is 15.0 Å². The molecule has 1 atom stereocenters. The van der Waals surface area contributed by atoms with E-state index in [1.807, 2.05) is 50.2 Å². The lowest BCUT2D eigenvalue weighted by Crippen LogP contribution is -2.28. The van der Waals surface area contributed by atoms with Gasteiger partial charge in [-0.3, -0.25) is 14.4 Å². The van der Waals surface area contributed by atoms with Crippen LogP contribution in [0.15, 0.2) is 46.9 Å². The summed E-state index contributed by atoms with van der Waals surface area (Å²) in [4.78, 5) is 38.6. The molecule has 7 heteroatoms. The average molecular weight is 459 g/mol.